The number of nitrogens with one attached hydrogen (secondary N) is 1. The van der Waals surface area contributed by atoms with E-state index in [4.69, 9.17) is 28.4 Å². The van der Waals surface area contributed by atoms with Crippen molar-refractivity contribution in [1.29, 1.82) is 0 Å². The van der Waals surface area contributed by atoms with Crippen LogP contribution in [0.1, 0.15) is 309 Å². The van der Waals surface area contributed by atoms with E-state index in [2.05, 4.69) is 104 Å². The number of allylic oxidation sites excluding steroid dienone is 15. The van der Waals surface area contributed by atoms with Crippen LogP contribution in [0.3, 0.4) is 0 Å². The van der Waals surface area contributed by atoms with Gasteiger partial charge in [-0.1, -0.05) is 323 Å². The Labute approximate surface area is 634 Å². The van der Waals surface area contributed by atoms with Gasteiger partial charge in [-0.05, 0) is 77.0 Å². The summed E-state index contributed by atoms with van der Waals surface area (Å²) in [7, 11) is 0. The zero-order valence-electron chi connectivity index (χ0n) is 65.2. The predicted molar refractivity (Wildman–Crippen MR) is 420 cm³/mol. The molecule has 0 aliphatic carbocycles. The van der Waals surface area contributed by atoms with E-state index in [0.717, 1.165) is 89.9 Å². The molecule has 3 aliphatic rings. The summed E-state index contributed by atoms with van der Waals surface area (Å²) >= 11 is 0. The lowest BCUT2D eigenvalue weighted by Gasteiger charge is -2.48. The third kappa shape index (κ3) is 45.0. The normalized spacial score (nSPS) is 26.3. The van der Waals surface area contributed by atoms with Crippen molar-refractivity contribution < 1.29 is 89.4 Å². The molecule has 0 radical (unpaired) electrons. The van der Waals surface area contributed by atoms with Crippen molar-refractivity contribution in [3.8, 4) is 0 Å². The lowest BCUT2D eigenvalue weighted by molar-refractivity contribution is -0.379. The minimum Gasteiger partial charge on any atom is -0.394 e. The van der Waals surface area contributed by atoms with E-state index >= 15 is 0 Å². The Balaban J connectivity index is 1.31. The van der Waals surface area contributed by atoms with Crippen molar-refractivity contribution >= 4 is 5.91 Å². The molecule has 3 heterocycles. The van der Waals surface area contributed by atoms with Crippen LogP contribution in [0.4, 0.5) is 0 Å². The first kappa shape index (κ1) is 95.9. The monoisotopic (exact) mass is 1490 g/mol. The number of amides is 1. The summed E-state index contributed by atoms with van der Waals surface area (Å²) in [5, 5.41) is 121. The average Bonchev–Trinajstić information content (AvgIpc) is 0.781. The van der Waals surface area contributed by atoms with Gasteiger partial charge in [0.2, 0.25) is 5.91 Å². The summed E-state index contributed by atoms with van der Waals surface area (Å²) < 4.78 is 34.5. The Morgan fingerprint density at radius 3 is 1.03 bits per heavy atom. The number of aliphatic hydroxyl groups excluding tert-OH is 11. The van der Waals surface area contributed by atoms with Crippen molar-refractivity contribution in [3.63, 3.8) is 0 Å². The largest absolute Gasteiger partial charge is 0.394 e. The van der Waals surface area contributed by atoms with E-state index in [0.29, 0.717) is 6.42 Å². The number of ether oxygens (including phenoxy) is 6. The number of unbranched alkanes of at least 4 members (excludes halogenated alkanes) is 36. The number of rotatable bonds is 66. The van der Waals surface area contributed by atoms with Crippen LogP contribution in [0.25, 0.3) is 0 Å². The first-order valence-electron chi connectivity index (χ1n) is 42.0. The Morgan fingerprint density at radius 1 is 0.352 bits per heavy atom. The van der Waals surface area contributed by atoms with E-state index in [1.165, 1.54) is 193 Å². The van der Waals surface area contributed by atoms with E-state index in [-0.39, 0.29) is 18.9 Å². The highest BCUT2D eigenvalue weighted by molar-refractivity contribution is 5.76. The molecule has 3 aliphatic heterocycles. The lowest BCUT2D eigenvalue weighted by Crippen LogP contribution is -2.66. The van der Waals surface area contributed by atoms with Crippen molar-refractivity contribution in [2.24, 2.45) is 0 Å². The molecule has 0 aromatic carbocycles. The number of carbonyl (C=O) groups excluding carboxylic acids is 1. The Morgan fingerprint density at radius 2 is 0.657 bits per heavy atom. The Hall–Kier alpha value is -3.29. The minimum atomic E-state index is -1.98. The molecule has 3 fully saturated rings. The zero-order valence-corrected chi connectivity index (χ0v) is 65.2. The van der Waals surface area contributed by atoms with Gasteiger partial charge in [0, 0.05) is 6.42 Å². The fraction of sp³-hybridized carbons (Fsp3) is 0.802. The van der Waals surface area contributed by atoms with Crippen molar-refractivity contribution in [3.05, 3.63) is 97.2 Å². The van der Waals surface area contributed by atoms with Gasteiger partial charge in [-0.3, -0.25) is 4.79 Å². The number of carbonyl (C=O) groups is 1. The number of hydrogen-bond acceptors (Lipinski definition) is 18. The summed E-state index contributed by atoms with van der Waals surface area (Å²) in [5.74, 6) is -0.273. The molecule has 17 atom stereocenters. The van der Waals surface area contributed by atoms with E-state index < -0.39 is 124 Å². The molecule has 17 unspecified atom stereocenters. The molecule has 0 bridgehead atoms. The highest BCUT2D eigenvalue weighted by Gasteiger charge is 2.54. The third-order valence-electron chi connectivity index (χ3n) is 20.4. The summed E-state index contributed by atoms with van der Waals surface area (Å²) in [4.78, 5) is 13.5. The maximum atomic E-state index is 13.5. The van der Waals surface area contributed by atoms with Crippen molar-refractivity contribution in [2.75, 3.05) is 26.4 Å². The van der Waals surface area contributed by atoms with E-state index in [1.807, 2.05) is 6.08 Å². The molecule has 0 aromatic heterocycles. The third-order valence-corrected chi connectivity index (χ3v) is 20.4. The second kappa shape index (κ2) is 65.4. The highest BCUT2D eigenvalue weighted by Crippen LogP contribution is 2.33. The van der Waals surface area contributed by atoms with Crippen molar-refractivity contribution in [1.82, 2.24) is 5.32 Å². The minimum absolute atomic E-state index is 0.242. The molecule has 12 N–H and O–H groups in total. The van der Waals surface area contributed by atoms with Gasteiger partial charge in [-0.2, -0.15) is 0 Å². The molecule has 19 nitrogen and oxygen atoms in total. The number of hydrogen-bond donors (Lipinski definition) is 12. The van der Waals surface area contributed by atoms with Crippen LogP contribution >= 0.6 is 0 Å². The average molecular weight is 1490 g/mol. The fourth-order valence-electron chi connectivity index (χ4n) is 13.7. The van der Waals surface area contributed by atoms with Gasteiger partial charge in [0.25, 0.3) is 0 Å². The van der Waals surface area contributed by atoms with Gasteiger partial charge in [-0.25, -0.2) is 0 Å². The van der Waals surface area contributed by atoms with Gasteiger partial charge in [0.15, 0.2) is 18.9 Å². The van der Waals surface area contributed by atoms with Crippen LogP contribution in [-0.4, -0.2) is 193 Å². The summed E-state index contributed by atoms with van der Waals surface area (Å²) in [6, 6.07) is -0.977. The SMILES string of the molecule is CC/C=C\C/C=C\C/C=C\C/C=C\C/C=C\C/C=C\C/C=C\CCCCCCCCCCCCCCCCCCCCCC(=O)NC(COC1OC(CO)C(OC2OC(CO)C(OC3OC(CO)C(O)C(O)C3O)C(O)C2O)C(O)C1O)C(O)/C=C/CCCCCCCCCCCCCCCCCCC. The van der Waals surface area contributed by atoms with E-state index in [9.17, 15) is 61.0 Å². The molecule has 608 valence electrons. The summed E-state index contributed by atoms with van der Waals surface area (Å²) in [6.07, 6.45) is 62.6. The molecule has 0 spiro atoms. The molecule has 105 heavy (non-hydrogen) atoms. The van der Waals surface area contributed by atoms with Crippen LogP contribution in [0, 0.1) is 0 Å². The Bertz CT molecular complexity index is 2270. The van der Waals surface area contributed by atoms with Crippen LogP contribution in [-0.2, 0) is 33.2 Å². The summed E-state index contributed by atoms with van der Waals surface area (Å²) in [6.45, 7) is 1.65. The van der Waals surface area contributed by atoms with Crippen molar-refractivity contribution in [2.45, 2.75) is 413 Å². The first-order chi connectivity index (χ1) is 51.3. The maximum absolute atomic E-state index is 13.5. The second-order valence-corrected chi connectivity index (χ2v) is 29.6. The standard InChI is InChI=1S/C86H151NO18/c1-3-5-7-9-11-13-15-17-19-21-23-24-25-26-27-28-29-30-31-32-33-34-35-36-37-38-39-40-41-42-43-44-46-48-50-52-54-56-58-60-62-64-74(92)87-69(70(91)63-61-59-57-55-53-51-49-47-45-22-20-18-16-14-12-10-8-6-4-2)68-100-84-80(98)77(95)82(72(66-89)102-84)105-86-81(99)78(96)83(73(67-90)103-86)104-85-79(97)76(94)75(93)71(65-88)101-85/h5,7,11,13,17,19,23-24,26-27,29-30,32-33,61,63,69-73,75-86,88-91,93-99H,3-4,6,8-10,12,14-16,18,20-22,25,28,31,34-60,62,64-68H2,1-2H3,(H,87,92)/b7-5-,13-11-,19-17-,24-23-,27-26-,30-29-,33-32-,63-61+. The van der Waals surface area contributed by atoms with Gasteiger partial charge >= 0.3 is 0 Å². The number of aliphatic hydroxyl groups is 11. The maximum Gasteiger partial charge on any atom is 0.220 e. The quantitative estimate of drug-likeness (QED) is 0.0199. The van der Waals surface area contributed by atoms with Gasteiger partial charge in [-0.15, -0.1) is 0 Å². The topological polar surface area (TPSA) is 307 Å². The lowest BCUT2D eigenvalue weighted by atomic mass is 9.96. The van der Waals surface area contributed by atoms with Gasteiger partial charge in [0.1, 0.15) is 73.2 Å². The molecular formula is C86H151NO18. The van der Waals surface area contributed by atoms with E-state index in [1.54, 1.807) is 6.08 Å². The van der Waals surface area contributed by atoms with Crippen LogP contribution in [0.5, 0.6) is 0 Å². The predicted octanol–water partition coefficient (Wildman–Crippen LogP) is 14.7. The molecule has 0 aromatic rings. The second-order valence-electron chi connectivity index (χ2n) is 29.6. The molecule has 19 heteroatoms. The summed E-state index contributed by atoms with van der Waals surface area (Å²) in [5.41, 5.74) is 0. The fourth-order valence-corrected chi connectivity index (χ4v) is 13.7. The van der Waals surface area contributed by atoms with Crippen LogP contribution < -0.4 is 5.32 Å². The first-order valence-corrected chi connectivity index (χ1v) is 42.0. The Kier molecular flexibility index (Phi) is 59.8. The zero-order chi connectivity index (χ0) is 76.0. The molecule has 0 saturated carbocycles. The smallest absolute Gasteiger partial charge is 0.220 e. The van der Waals surface area contributed by atoms with Crippen LogP contribution in [0.2, 0.25) is 0 Å². The molecule has 3 rings (SSSR count). The van der Waals surface area contributed by atoms with Crippen LogP contribution in [0.15, 0.2) is 97.2 Å². The van der Waals surface area contributed by atoms with Gasteiger partial charge in [0.05, 0.1) is 38.6 Å². The van der Waals surface area contributed by atoms with Gasteiger partial charge < -0.3 is 89.9 Å². The molecule has 1 amide bonds. The molecular weight excluding hydrogens is 1330 g/mol. The molecule has 3 saturated heterocycles. The highest BCUT2D eigenvalue weighted by atomic mass is 16.8.